The minimum Gasteiger partial charge on any atom is -0.490 e. The highest BCUT2D eigenvalue weighted by Crippen LogP contribution is 2.37. The average molecular weight is 447 g/mol. The van der Waals surface area contributed by atoms with E-state index < -0.39 is 5.91 Å². The summed E-state index contributed by atoms with van der Waals surface area (Å²) < 4.78 is 24.9. The molecule has 0 spiro atoms. The fourth-order valence-corrected chi connectivity index (χ4v) is 4.76. The molecule has 31 heavy (non-hydrogen) atoms. The van der Waals surface area contributed by atoms with Crippen molar-refractivity contribution in [1.82, 2.24) is 4.90 Å². The van der Waals surface area contributed by atoms with Crippen LogP contribution >= 0.6 is 11.6 Å². The highest BCUT2D eigenvalue weighted by Gasteiger charge is 2.44. The van der Waals surface area contributed by atoms with Crippen molar-refractivity contribution in [3.05, 3.63) is 58.9 Å². The van der Waals surface area contributed by atoms with Crippen molar-refractivity contribution in [2.24, 2.45) is 5.73 Å². The second kappa shape index (κ2) is 9.14. The summed E-state index contributed by atoms with van der Waals surface area (Å²) in [6.07, 6.45) is 3.29. The van der Waals surface area contributed by atoms with E-state index in [1.54, 1.807) is 30.3 Å². The number of halogens is 2. The van der Waals surface area contributed by atoms with Gasteiger partial charge in [-0.25, -0.2) is 4.39 Å². The maximum absolute atomic E-state index is 13.1. The van der Waals surface area contributed by atoms with Gasteiger partial charge < -0.3 is 20.1 Å². The number of rotatable bonds is 7. The lowest BCUT2D eigenvalue weighted by molar-refractivity contribution is -0.139. The number of carbonyl (C=O) groups is 2. The summed E-state index contributed by atoms with van der Waals surface area (Å²) in [5, 5.41) is 0.469. The third-order valence-electron chi connectivity index (χ3n) is 5.83. The van der Waals surface area contributed by atoms with Crippen LogP contribution in [-0.4, -0.2) is 41.5 Å². The van der Waals surface area contributed by atoms with Crippen LogP contribution in [-0.2, 0) is 16.0 Å². The van der Waals surface area contributed by atoms with Crippen LogP contribution in [0.15, 0.2) is 42.5 Å². The number of piperidine rings is 1. The zero-order valence-corrected chi connectivity index (χ0v) is 17.7. The first-order valence-corrected chi connectivity index (χ1v) is 10.7. The van der Waals surface area contributed by atoms with Crippen LogP contribution < -0.4 is 15.2 Å². The van der Waals surface area contributed by atoms with Crippen molar-refractivity contribution in [2.45, 2.75) is 50.3 Å². The number of carbonyl (C=O) groups excluding carboxylic acids is 2. The molecule has 2 aliphatic heterocycles. The van der Waals surface area contributed by atoms with Crippen LogP contribution in [0.25, 0.3) is 0 Å². The highest BCUT2D eigenvalue weighted by molar-refractivity contribution is 6.30. The Morgan fingerprint density at radius 3 is 2.42 bits per heavy atom. The second-order valence-electron chi connectivity index (χ2n) is 8.03. The fraction of sp³-hybridized carbons (Fsp3) is 0.391. The zero-order chi connectivity index (χ0) is 22.0. The monoisotopic (exact) mass is 446 g/mol. The van der Waals surface area contributed by atoms with Crippen LogP contribution in [0.3, 0.4) is 0 Å². The standard InChI is InChI=1S/C23H24ClFN2O4/c24-15-1-8-21(14(9-15)10-22(26)28)30-13-23(29)27-17-4-5-18(27)12-20(11-17)31-19-6-2-16(25)3-7-19/h1-3,6-9,17-18,20H,4-5,10-13H2,(H2,26,28)/t17-,18+,20?. The summed E-state index contributed by atoms with van der Waals surface area (Å²) in [5.41, 5.74) is 5.85. The molecule has 4 rings (SSSR count). The van der Waals surface area contributed by atoms with E-state index in [1.807, 2.05) is 4.90 Å². The van der Waals surface area contributed by atoms with Crippen molar-refractivity contribution in [3.63, 3.8) is 0 Å². The number of ether oxygens (including phenoxy) is 2. The van der Waals surface area contributed by atoms with Crippen molar-refractivity contribution in [2.75, 3.05) is 6.61 Å². The zero-order valence-electron chi connectivity index (χ0n) is 16.9. The number of amides is 2. The Labute approximate surface area is 185 Å². The van der Waals surface area contributed by atoms with Crippen LogP contribution in [0.1, 0.15) is 31.2 Å². The number of nitrogens with two attached hydrogens (primary N) is 1. The predicted molar refractivity (Wildman–Crippen MR) is 114 cm³/mol. The molecular weight excluding hydrogens is 423 g/mol. The molecule has 8 heteroatoms. The summed E-state index contributed by atoms with van der Waals surface area (Å²) >= 11 is 6.00. The molecule has 6 nitrogen and oxygen atoms in total. The number of hydrogen-bond acceptors (Lipinski definition) is 4. The number of nitrogens with zero attached hydrogens (tertiary/aromatic N) is 1. The Hall–Kier alpha value is -2.80. The van der Waals surface area contributed by atoms with Gasteiger partial charge in [0.05, 0.1) is 6.42 Å². The molecule has 2 aromatic carbocycles. The lowest BCUT2D eigenvalue weighted by Crippen LogP contribution is -2.50. The number of primary amides is 1. The molecule has 2 aromatic rings. The first-order valence-electron chi connectivity index (χ1n) is 10.3. The Bertz CT molecular complexity index is 955. The molecule has 2 amide bonds. The third kappa shape index (κ3) is 5.10. The van der Waals surface area contributed by atoms with E-state index in [9.17, 15) is 14.0 Å². The van der Waals surface area contributed by atoms with Crippen LogP contribution in [0, 0.1) is 5.82 Å². The highest BCUT2D eigenvalue weighted by atomic mass is 35.5. The average Bonchev–Trinajstić information content (AvgIpc) is 2.99. The molecule has 2 fully saturated rings. The molecule has 0 aromatic heterocycles. The molecule has 164 valence electrons. The summed E-state index contributed by atoms with van der Waals surface area (Å²) in [5.74, 6) is 0.178. The van der Waals surface area contributed by atoms with Gasteiger partial charge in [-0.2, -0.15) is 0 Å². The molecule has 2 saturated heterocycles. The second-order valence-corrected chi connectivity index (χ2v) is 8.47. The Morgan fingerprint density at radius 1 is 1.10 bits per heavy atom. The normalized spacial score (nSPS) is 22.3. The van der Waals surface area contributed by atoms with Gasteiger partial charge in [0.1, 0.15) is 23.4 Å². The molecule has 0 saturated carbocycles. The summed E-state index contributed by atoms with van der Waals surface area (Å²) in [6.45, 7) is -0.121. The quantitative estimate of drug-likeness (QED) is 0.705. The summed E-state index contributed by atoms with van der Waals surface area (Å²) in [7, 11) is 0. The molecular formula is C23H24ClFN2O4. The van der Waals surface area contributed by atoms with Gasteiger partial charge in [-0.05, 0) is 55.3 Å². The SMILES string of the molecule is NC(=O)Cc1cc(Cl)ccc1OCC(=O)N1[C@@H]2CC[C@H]1CC(Oc1ccc(F)cc1)C2. The van der Waals surface area contributed by atoms with Crippen molar-refractivity contribution in [1.29, 1.82) is 0 Å². The fourth-order valence-electron chi connectivity index (χ4n) is 4.56. The van der Waals surface area contributed by atoms with Gasteiger partial charge >= 0.3 is 0 Å². The van der Waals surface area contributed by atoms with Crippen LogP contribution in [0.4, 0.5) is 4.39 Å². The van der Waals surface area contributed by atoms with Gasteiger partial charge in [0.25, 0.3) is 5.91 Å². The van der Waals surface area contributed by atoms with E-state index >= 15 is 0 Å². The topological polar surface area (TPSA) is 81.9 Å². The summed E-state index contributed by atoms with van der Waals surface area (Å²) in [4.78, 5) is 26.2. The van der Waals surface area contributed by atoms with Crippen LogP contribution in [0.5, 0.6) is 11.5 Å². The maximum atomic E-state index is 13.1. The van der Waals surface area contributed by atoms with E-state index in [0.717, 1.165) is 25.7 Å². The first-order chi connectivity index (χ1) is 14.9. The maximum Gasteiger partial charge on any atom is 0.261 e. The molecule has 0 aliphatic carbocycles. The van der Waals surface area contributed by atoms with E-state index in [1.165, 1.54) is 12.1 Å². The summed E-state index contributed by atoms with van der Waals surface area (Å²) in [6, 6.07) is 11.1. The van der Waals surface area contributed by atoms with Gasteiger partial charge in [0, 0.05) is 35.5 Å². The first kappa shape index (κ1) is 21.4. The largest absolute Gasteiger partial charge is 0.490 e. The van der Waals surface area contributed by atoms with Crippen molar-refractivity contribution < 1.29 is 23.5 Å². The minimum absolute atomic E-state index is 0.00800. The van der Waals surface area contributed by atoms with E-state index in [2.05, 4.69) is 0 Å². The van der Waals surface area contributed by atoms with Crippen LogP contribution in [0.2, 0.25) is 5.02 Å². The van der Waals surface area contributed by atoms with Crippen molar-refractivity contribution >= 4 is 23.4 Å². The molecule has 2 bridgehead atoms. The number of benzene rings is 2. The predicted octanol–water partition coefficient (Wildman–Crippen LogP) is 3.49. The minimum atomic E-state index is -0.500. The molecule has 2 heterocycles. The lowest BCUT2D eigenvalue weighted by atomic mass is 9.99. The number of hydrogen-bond donors (Lipinski definition) is 1. The molecule has 2 aliphatic rings. The van der Waals surface area contributed by atoms with E-state index in [-0.39, 0.29) is 42.9 Å². The van der Waals surface area contributed by atoms with Gasteiger partial charge in [-0.15, -0.1) is 0 Å². The Balaban J connectivity index is 1.36. The molecule has 2 N–H and O–H groups in total. The Kier molecular flexibility index (Phi) is 6.32. The van der Waals surface area contributed by atoms with E-state index in [0.29, 0.717) is 22.1 Å². The van der Waals surface area contributed by atoms with Gasteiger partial charge in [0.2, 0.25) is 5.91 Å². The third-order valence-corrected chi connectivity index (χ3v) is 6.07. The van der Waals surface area contributed by atoms with Gasteiger partial charge in [-0.1, -0.05) is 11.6 Å². The molecule has 1 unspecified atom stereocenters. The van der Waals surface area contributed by atoms with Gasteiger partial charge in [0.15, 0.2) is 6.61 Å². The number of fused-ring (bicyclic) bond motifs is 2. The molecule has 3 atom stereocenters. The van der Waals surface area contributed by atoms with Crippen molar-refractivity contribution in [3.8, 4) is 11.5 Å². The van der Waals surface area contributed by atoms with E-state index in [4.69, 9.17) is 26.8 Å². The lowest BCUT2D eigenvalue weighted by Gasteiger charge is -2.38. The Morgan fingerprint density at radius 2 is 1.77 bits per heavy atom. The van der Waals surface area contributed by atoms with Gasteiger partial charge in [-0.3, -0.25) is 9.59 Å². The smallest absolute Gasteiger partial charge is 0.261 e. The molecule has 0 radical (unpaired) electrons.